The van der Waals surface area contributed by atoms with E-state index >= 15 is 0 Å². The largest absolute Gasteiger partial charge is 0.504 e. The molecule has 12 heteroatoms. The number of esters is 1. The lowest BCUT2D eigenvalue weighted by Gasteiger charge is -2.25. The van der Waals surface area contributed by atoms with Gasteiger partial charge < -0.3 is 30.0 Å². The quantitative estimate of drug-likeness (QED) is 0.325. The molecule has 0 spiro atoms. The Labute approximate surface area is 206 Å². The minimum absolute atomic E-state index is 0.0477. The molecule has 0 fully saturated rings. The van der Waals surface area contributed by atoms with E-state index in [9.17, 15) is 29.6 Å². The summed E-state index contributed by atoms with van der Waals surface area (Å²) in [4.78, 5) is 49.2. The van der Waals surface area contributed by atoms with Crippen LogP contribution in [-0.4, -0.2) is 52.8 Å². The highest BCUT2D eigenvalue weighted by atomic mass is 16.6. The second-order valence-corrected chi connectivity index (χ2v) is 9.15. The van der Waals surface area contributed by atoms with E-state index in [1.165, 1.54) is 43.5 Å². The van der Waals surface area contributed by atoms with Crippen LogP contribution >= 0.6 is 0 Å². The molecule has 4 rings (SSSR count). The van der Waals surface area contributed by atoms with Crippen LogP contribution in [0.2, 0.25) is 0 Å². The van der Waals surface area contributed by atoms with Gasteiger partial charge in [-0.15, -0.1) is 0 Å². The predicted octanol–water partition coefficient (Wildman–Crippen LogP) is 2.74. The number of phenols is 1. The number of aromatic hydroxyl groups is 1. The van der Waals surface area contributed by atoms with Gasteiger partial charge in [0.2, 0.25) is 11.7 Å². The summed E-state index contributed by atoms with van der Waals surface area (Å²) in [6.07, 6.45) is -1.08. The lowest BCUT2D eigenvalue weighted by Crippen LogP contribution is -2.54. The van der Waals surface area contributed by atoms with E-state index in [0.29, 0.717) is 11.1 Å². The first-order valence-corrected chi connectivity index (χ1v) is 11.0. The van der Waals surface area contributed by atoms with Crippen molar-refractivity contribution in [2.75, 3.05) is 7.11 Å². The lowest BCUT2D eigenvalue weighted by molar-refractivity contribution is -0.385. The Hall–Kier alpha value is -4.35. The van der Waals surface area contributed by atoms with Gasteiger partial charge >= 0.3 is 17.7 Å². The molecule has 2 aromatic rings. The van der Waals surface area contributed by atoms with Crippen LogP contribution in [0.1, 0.15) is 31.9 Å². The monoisotopic (exact) mass is 501 g/mol. The number of carbonyl (C=O) groups excluding carboxylic acids is 3. The van der Waals surface area contributed by atoms with Crippen LogP contribution in [-0.2, 0) is 31.9 Å². The van der Waals surface area contributed by atoms with Gasteiger partial charge in [-0.1, -0.05) is 12.1 Å². The Bertz CT molecular complexity index is 1190. The minimum Gasteiger partial charge on any atom is -0.504 e. The summed E-state index contributed by atoms with van der Waals surface area (Å²) in [6.45, 7) is 4.96. The van der Waals surface area contributed by atoms with Gasteiger partial charge in [0, 0.05) is 18.9 Å². The first-order chi connectivity index (χ1) is 16.9. The molecule has 0 saturated carbocycles. The Balaban J connectivity index is 2.08. The molecule has 12 nitrogen and oxygen atoms in total. The molecule has 0 radical (unpaired) electrons. The van der Waals surface area contributed by atoms with E-state index in [4.69, 9.17) is 14.2 Å². The molecular weight excluding hydrogens is 474 g/mol. The zero-order valence-electron chi connectivity index (χ0n) is 20.2. The summed E-state index contributed by atoms with van der Waals surface area (Å²) in [5.41, 5.74) is -0.454. The van der Waals surface area contributed by atoms with E-state index in [1.54, 1.807) is 20.8 Å². The van der Waals surface area contributed by atoms with Gasteiger partial charge in [0.25, 0.3) is 0 Å². The maximum atomic E-state index is 13.2. The normalized spacial score (nSPS) is 17.7. The molecule has 2 heterocycles. The van der Waals surface area contributed by atoms with Crippen molar-refractivity contribution < 1.29 is 38.6 Å². The first kappa shape index (κ1) is 26.3. The van der Waals surface area contributed by atoms with Crippen LogP contribution in [0.3, 0.4) is 0 Å². The van der Waals surface area contributed by atoms with Crippen LogP contribution in [0.5, 0.6) is 17.2 Å². The van der Waals surface area contributed by atoms with Gasteiger partial charge in [0.15, 0.2) is 11.5 Å². The van der Waals surface area contributed by atoms with Gasteiger partial charge in [0.1, 0.15) is 17.7 Å². The van der Waals surface area contributed by atoms with Crippen LogP contribution in [0.25, 0.3) is 0 Å². The fourth-order valence-electron chi connectivity index (χ4n) is 3.54. The number of phenolic OH excluding ortho intramolecular Hbond substituents is 1. The van der Waals surface area contributed by atoms with E-state index in [0.717, 1.165) is 0 Å². The lowest BCUT2D eigenvalue weighted by atomic mass is 10.0. The van der Waals surface area contributed by atoms with Crippen molar-refractivity contribution in [3.05, 3.63) is 57.6 Å². The Morgan fingerprint density at radius 3 is 2.44 bits per heavy atom. The number of hydrogen-bond donors (Lipinski definition) is 3. The Morgan fingerprint density at radius 2 is 1.81 bits per heavy atom. The van der Waals surface area contributed by atoms with E-state index in [1.807, 2.05) is 0 Å². The van der Waals surface area contributed by atoms with Gasteiger partial charge in [-0.05, 0) is 50.1 Å². The van der Waals surface area contributed by atoms with Crippen molar-refractivity contribution in [3.8, 4) is 17.2 Å². The summed E-state index contributed by atoms with van der Waals surface area (Å²) in [5.74, 6) is -1.94. The third kappa shape index (κ3) is 6.62. The maximum absolute atomic E-state index is 13.2. The number of nitro groups is 1. The van der Waals surface area contributed by atoms with Crippen molar-refractivity contribution in [3.63, 3.8) is 0 Å². The summed E-state index contributed by atoms with van der Waals surface area (Å²) in [5, 5.41) is 27.0. The Kier molecular flexibility index (Phi) is 7.66. The van der Waals surface area contributed by atoms with Crippen molar-refractivity contribution >= 4 is 23.7 Å². The van der Waals surface area contributed by atoms with Crippen molar-refractivity contribution in [2.45, 2.75) is 51.3 Å². The van der Waals surface area contributed by atoms with Crippen molar-refractivity contribution in [2.24, 2.45) is 0 Å². The second kappa shape index (κ2) is 10.5. The van der Waals surface area contributed by atoms with Crippen molar-refractivity contribution in [1.82, 2.24) is 10.6 Å². The topological polar surface area (TPSA) is 166 Å². The number of fused-ring (bicyclic) bond motifs is 7. The van der Waals surface area contributed by atoms with E-state index < -0.39 is 46.3 Å². The molecule has 0 unspecified atom stereocenters. The molecule has 2 aromatic carbocycles. The predicted molar refractivity (Wildman–Crippen MR) is 126 cm³/mol. The van der Waals surface area contributed by atoms with Gasteiger partial charge in [0.05, 0.1) is 12.0 Å². The standard InChI is InChI=1S/C24H27N3O9/c1-24(2,3)36-23(31)26-15-9-13-6-8-19(17(11-13)27(32)33)35-20-12-14(5-7-18(20)28)10-16(22(30)34-4)25-21(15)29/h5-8,11-12,15-16,28H,9-10H2,1-4H3,(H,25,29)(H,26,31)/t15-,16-/m0/s1. The highest BCUT2D eigenvalue weighted by Gasteiger charge is 2.31. The van der Waals surface area contributed by atoms with Crippen LogP contribution < -0.4 is 15.4 Å². The van der Waals surface area contributed by atoms with Crippen LogP contribution in [0.15, 0.2) is 36.4 Å². The molecule has 4 bridgehead atoms. The molecular formula is C24H27N3O9. The SMILES string of the molecule is COC(=O)[C@@H]1Cc2ccc(O)c(c2)Oc2ccc(cc2[N+](=O)[O-])C[C@H](NC(=O)OC(C)(C)C)C(=O)N1. The molecule has 2 atom stereocenters. The number of rotatable bonds is 3. The molecule has 192 valence electrons. The molecule has 0 aromatic heterocycles. The highest BCUT2D eigenvalue weighted by molar-refractivity contribution is 5.90. The third-order valence-electron chi connectivity index (χ3n) is 5.15. The van der Waals surface area contributed by atoms with E-state index in [-0.39, 0.29) is 30.1 Å². The summed E-state index contributed by atoms with van der Waals surface area (Å²) >= 11 is 0. The Morgan fingerprint density at radius 1 is 1.14 bits per heavy atom. The molecule has 2 aliphatic heterocycles. The first-order valence-electron chi connectivity index (χ1n) is 11.0. The smallest absolute Gasteiger partial charge is 0.408 e. The van der Waals surface area contributed by atoms with Crippen LogP contribution in [0.4, 0.5) is 10.5 Å². The molecule has 0 aliphatic carbocycles. The summed E-state index contributed by atoms with van der Waals surface area (Å²) in [7, 11) is 1.17. The van der Waals surface area contributed by atoms with Gasteiger partial charge in [-0.2, -0.15) is 0 Å². The van der Waals surface area contributed by atoms with Gasteiger partial charge in [-0.3, -0.25) is 14.9 Å². The minimum atomic E-state index is -1.24. The number of nitrogens with one attached hydrogen (secondary N) is 2. The van der Waals surface area contributed by atoms with E-state index in [2.05, 4.69) is 10.6 Å². The fourth-order valence-corrected chi connectivity index (χ4v) is 3.54. The average Bonchev–Trinajstić information content (AvgIpc) is 2.78. The molecule has 3 N–H and O–H groups in total. The number of ether oxygens (including phenoxy) is 3. The number of carbonyl (C=O) groups is 3. The van der Waals surface area contributed by atoms with Gasteiger partial charge in [-0.25, -0.2) is 9.59 Å². The summed E-state index contributed by atoms with van der Waals surface area (Å²) in [6, 6.07) is 5.87. The summed E-state index contributed by atoms with van der Waals surface area (Å²) < 4.78 is 15.7. The number of methoxy groups -OCH3 is 1. The maximum Gasteiger partial charge on any atom is 0.408 e. The highest BCUT2D eigenvalue weighted by Crippen LogP contribution is 2.37. The zero-order chi connectivity index (χ0) is 26.6. The number of amides is 2. The molecule has 0 saturated heterocycles. The average molecular weight is 501 g/mol. The molecule has 36 heavy (non-hydrogen) atoms. The fraction of sp³-hybridized carbons (Fsp3) is 0.375. The molecule has 2 amide bonds. The number of nitro benzene ring substituents is 1. The number of nitrogens with zero attached hydrogens (tertiary/aromatic N) is 1. The van der Waals surface area contributed by atoms with Crippen molar-refractivity contribution in [1.29, 1.82) is 0 Å². The number of benzene rings is 2. The second-order valence-electron chi connectivity index (χ2n) is 9.15. The molecule has 2 aliphatic rings. The van der Waals surface area contributed by atoms with Crippen LogP contribution in [0, 0.1) is 10.1 Å². The number of hydrogen-bond acceptors (Lipinski definition) is 9. The zero-order valence-corrected chi connectivity index (χ0v) is 20.2. The number of alkyl carbamates (subject to hydrolysis) is 1. The third-order valence-corrected chi connectivity index (χ3v) is 5.15.